The molecule has 0 aromatic heterocycles. The van der Waals surface area contributed by atoms with Gasteiger partial charge in [-0.15, -0.1) is 17.2 Å². The minimum atomic E-state index is 1.14. The predicted octanol–water partition coefficient (Wildman–Crippen LogP) is 7.35. The molecule has 4 aliphatic carbocycles. The summed E-state index contributed by atoms with van der Waals surface area (Å²) in [6.07, 6.45) is 25.2. The number of hydrogen-bond acceptors (Lipinski definition) is 0. The van der Waals surface area contributed by atoms with E-state index in [9.17, 15) is 0 Å². The van der Waals surface area contributed by atoms with Gasteiger partial charge in [-0.1, -0.05) is 64.2 Å². The van der Waals surface area contributed by atoms with E-state index < -0.39 is 0 Å². The second-order valence-corrected chi connectivity index (χ2v) is 13.3. The number of hydrogen-bond donors (Lipinski definition) is 0. The van der Waals surface area contributed by atoms with Crippen molar-refractivity contribution in [3.8, 4) is 0 Å². The zero-order valence-corrected chi connectivity index (χ0v) is 17.8. The summed E-state index contributed by atoms with van der Waals surface area (Å²) in [4.78, 5) is 0. The van der Waals surface area contributed by atoms with Crippen molar-refractivity contribution in [2.45, 2.75) is 125 Å². The Morgan fingerprint density at radius 2 is 0.792 bits per heavy atom. The Kier molecular flexibility index (Phi) is 6.97. The maximum Gasteiger partial charge on any atom is -0.0166 e. The molecular formula is C22H40P2. The van der Waals surface area contributed by atoms with Gasteiger partial charge in [0.25, 0.3) is 0 Å². The third-order valence-corrected chi connectivity index (χ3v) is 12.3. The normalized spacial score (nSPS) is 40.5. The van der Waals surface area contributed by atoms with Gasteiger partial charge in [-0.05, 0) is 73.0 Å². The van der Waals surface area contributed by atoms with Crippen molar-refractivity contribution in [1.82, 2.24) is 0 Å². The van der Waals surface area contributed by atoms with Crippen molar-refractivity contribution >= 4 is 17.2 Å². The second-order valence-electron chi connectivity index (χ2n) is 9.49. The molecule has 0 saturated heterocycles. The fraction of sp³-hybridized carbons (Fsp3) is 1.00. The summed E-state index contributed by atoms with van der Waals surface area (Å²) in [5, 5.41) is 0. The minimum Gasteiger partial charge on any atom is -0.115 e. The monoisotopic (exact) mass is 366 g/mol. The predicted molar refractivity (Wildman–Crippen MR) is 113 cm³/mol. The Morgan fingerprint density at radius 1 is 0.417 bits per heavy atom. The Balaban J connectivity index is 1.39. The lowest BCUT2D eigenvalue weighted by Crippen LogP contribution is -2.38. The third kappa shape index (κ3) is 4.77. The maximum atomic E-state index is 1.66. The molecule has 24 heavy (non-hydrogen) atoms. The van der Waals surface area contributed by atoms with Crippen LogP contribution in [0.25, 0.3) is 0 Å². The van der Waals surface area contributed by atoms with Crippen LogP contribution in [0.3, 0.4) is 0 Å². The van der Waals surface area contributed by atoms with Crippen LogP contribution in [0.2, 0.25) is 0 Å². The van der Waals surface area contributed by atoms with Crippen molar-refractivity contribution in [3.63, 3.8) is 0 Å². The molecule has 6 atom stereocenters. The molecule has 0 aromatic rings. The van der Waals surface area contributed by atoms with E-state index in [0.29, 0.717) is 0 Å². The first-order valence-electron chi connectivity index (χ1n) is 11.4. The average molecular weight is 367 g/mol. The van der Waals surface area contributed by atoms with Crippen LogP contribution in [0, 0.1) is 11.8 Å². The van der Waals surface area contributed by atoms with Gasteiger partial charge in [0.15, 0.2) is 0 Å². The van der Waals surface area contributed by atoms with Gasteiger partial charge in [0, 0.05) is 0 Å². The standard InChI is InChI=1S/C22H40P2/c1-3-11-19(12-4-1)23-21-15-17-9-7-8-10-18(17)16-22(21)24-20-13-5-2-6-14-20/h17-24H,1-16H2. The number of rotatable bonds is 4. The van der Waals surface area contributed by atoms with Crippen molar-refractivity contribution in [1.29, 1.82) is 0 Å². The van der Waals surface area contributed by atoms with E-state index in [1.54, 1.807) is 89.9 Å². The van der Waals surface area contributed by atoms with Gasteiger partial charge in [0.1, 0.15) is 0 Å². The summed E-state index contributed by atoms with van der Waals surface area (Å²) < 4.78 is 0. The topological polar surface area (TPSA) is 0 Å². The number of fused-ring (bicyclic) bond motifs is 1. The maximum absolute atomic E-state index is 1.66. The van der Waals surface area contributed by atoms with Crippen LogP contribution >= 0.6 is 17.2 Å². The summed E-state index contributed by atoms with van der Waals surface area (Å²) in [6, 6.07) is 0. The molecule has 0 heterocycles. The molecule has 0 radical (unpaired) electrons. The Hall–Kier alpha value is 0.860. The van der Waals surface area contributed by atoms with E-state index in [0.717, 1.165) is 34.5 Å². The SMILES string of the molecule is C1CCC(PC2CC3CCCCC3CC2PC2CCCCC2)CC1. The molecule has 4 saturated carbocycles. The van der Waals surface area contributed by atoms with Crippen LogP contribution in [0.4, 0.5) is 0 Å². The second kappa shape index (κ2) is 9.18. The van der Waals surface area contributed by atoms with Crippen LogP contribution < -0.4 is 0 Å². The fourth-order valence-electron chi connectivity index (χ4n) is 6.40. The highest BCUT2D eigenvalue weighted by molar-refractivity contribution is 7.44. The molecule has 0 aliphatic heterocycles. The molecule has 0 N–H and O–H groups in total. The lowest BCUT2D eigenvalue weighted by molar-refractivity contribution is 0.177. The van der Waals surface area contributed by atoms with Gasteiger partial charge in [-0.25, -0.2) is 0 Å². The van der Waals surface area contributed by atoms with Gasteiger partial charge in [-0.2, -0.15) is 0 Å². The van der Waals surface area contributed by atoms with Crippen LogP contribution in [0.15, 0.2) is 0 Å². The molecule has 4 fully saturated rings. The van der Waals surface area contributed by atoms with E-state index in [4.69, 9.17) is 0 Å². The van der Waals surface area contributed by atoms with Crippen molar-refractivity contribution < 1.29 is 0 Å². The molecule has 6 unspecified atom stereocenters. The Bertz CT molecular complexity index is 330. The van der Waals surface area contributed by atoms with Gasteiger partial charge >= 0.3 is 0 Å². The van der Waals surface area contributed by atoms with Crippen molar-refractivity contribution in [2.24, 2.45) is 11.8 Å². The molecule has 0 nitrogen and oxygen atoms in total. The highest BCUT2D eigenvalue weighted by Gasteiger charge is 2.39. The molecule has 0 spiro atoms. The molecule has 138 valence electrons. The molecule has 4 aliphatic rings. The molecule has 2 heteroatoms. The quantitative estimate of drug-likeness (QED) is 0.456. The smallest absolute Gasteiger partial charge is 0.0166 e. The first kappa shape index (κ1) is 18.2. The molecule has 0 amide bonds. The van der Waals surface area contributed by atoms with E-state index in [-0.39, 0.29) is 0 Å². The summed E-state index contributed by atoms with van der Waals surface area (Å²) in [5.74, 6) is 2.29. The van der Waals surface area contributed by atoms with Crippen LogP contribution in [0.1, 0.15) is 103 Å². The minimum absolute atomic E-state index is 1.14. The van der Waals surface area contributed by atoms with Gasteiger partial charge in [0.2, 0.25) is 0 Å². The lowest BCUT2D eigenvalue weighted by atomic mass is 9.70. The first-order valence-corrected chi connectivity index (χ1v) is 13.7. The third-order valence-electron chi connectivity index (χ3n) is 7.78. The first-order chi connectivity index (χ1) is 11.9. The lowest BCUT2D eigenvalue weighted by Gasteiger charge is -2.46. The highest BCUT2D eigenvalue weighted by Crippen LogP contribution is 2.54. The largest absolute Gasteiger partial charge is 0.115 e. The molecule has 0 aromatic carbocycles. The summed E-state index contributed by atoms with van der Waals surface area (Å²) >= 11 is 0. The fourth-order valence-corrected chi connectivity index (χ4v) is 11.3. The van der Waals surface area contributed by atoms with Gasteiger partial charge in [0.05, 0.1) is 0 Å². The zero-order chi connectivity index (χ0) is 16.2. The Labute approximate surface area is 154 Å². The van der Waals surface area contributed by atoms with Crippen molar-refractivity contribution in [3.05, 3.63) is 0 Å². The van der Waals surface area contributed by atoms with E-state index in [2.05, 4.69) is 0 Å². The van der Waals surface area contributed by atoms with E-state index >= 15 is 0 Å². The van der Waals surface area contributed by atoms with Crippen LogP contribution in [-0.4, -0.2) is 22.6 Å². The highest BCUT2D eigenvalue weighted by atomic mass is 31.1. The zero-order valence-electron chi connectivity index (χ0n) is 15.8. The van der Waals surface area contributed by atoms with E-state index in [1.807, 2.05) is 0 Å². The van der Waals surface area contributed by atoms with Crippen LogP contribution in [-0.2, 0) is 0 Å². The Morgan fingerprint density at radius 3 is 1.21 bits per heavy atom. The summed E-state index contributed by atoms with van der Waals surface area (Å²) in [5.41, 5.74) is 4.60. The van der Waals surface area contributed by atoms with Gasteiger partial charge in [-0.3, -0.25) is 0 Å². The van der Waals surface area contributed by atoms with E-state index in [1.165, 1.54) is 30.0 Å². The molecule has 0 bridgehead atoms. The summed E-state index contributed by atoms with van der Waals surface area (Å²) in [7, 11) is 2.69. The van der Waals surface area contributed by atoms with Crippen LogP contribution in [0.5, 0.6) is 0 Å². The van der Waals surface area contributed by atoms with Crippen molar-refractivity contribution in [2.75, 3.05) is 0 Å². The molecular weight excluding hydrogens is 326 g/mol. The average Bonchev–Trinajstić information content (AvgIpc) is 2.64. The molecule has 4 rings (SSSR count). The summed E-state index contributed by atoms with van der Waals surface area (Å²) in [6.45, 7) is 0. The van der Waals surface area contributed by atoms with Gasteiger partial charge < -0.3 is 0 Å².